The van der Waals surface area contributed by atoms with Gasteiger partial charge in [-0.05, 0) is 20.8 Å². The smallest absolute Gasteiger partial charge is 0.141 e. The first-order valence-corrected chi connectivity index (χ1v) is 3.80. The second-order valence-electron chi connectivity index (χ2n) is 3.46. The Balaban J connectivity index is 3.15. The van der Waals surface area contributed by atoms with Crippen molar-refractivity contribution in [3.63, 3.8) is 0 Å². The van der Waals surface area contributed by atoms with E-state index in [0.717, 1.165) is 0 Å². The van der Waals surface area contributed by atoms with Gasteiger partial charge < -0.3 is 5.73 Å². The lowest BCUT2D eigenvalue weighted by Gasteiger charge is -2.20. The van der Waals surface area contributed by atoms with Gasteiger partial charge in [-0.15, -0.1) is 0 Å². The van der Waals surface area contributed by atoms with Crippen LogP contribution in [0.2, 0.25) is 5.02 Å². The lowest BCUT2D eigenvalue weighted by atomic mass is 10.1. The molecule has 11 heavy (non-hydrogen) atoms. The van der Waals surface area contributed by atoms with Crippen molar-refractivity contribution in [1.29, 1.82) is 0 Å². The lowest BCUT2D eigenvalue weighted by molar-refractivity contribution is 0.361. The van der Waals surface area contributed by atoms with Crippen LogP contribution in [-0.2, 0) is 5.54 Å². The molecule has 0 radical (unpaired) electrons. The molecule has 0 aliphatic rings. The van der Waals surface area contributed by atoms with Gasteiger partial charge in [0.2, 0.25) is 0 Å². The average molecular weight is 174 g/mol. The monoisotopic (exact) mass is 173 g/mol. The Labute approximate surface area is 71.1 Å². The third-order valence-electron chi connectivity index (χ3n) is 1.39. The van der Waals surface area contributed by atoms with E-state index >= 15 is 0 Å². The van der Waals surface area contributed by atoms with Crippen molar-refractivity contribution in [2.45, 2.75) is 26.3 Å². The van der Waals surface area contributed by atoms with Crippen LogP contribution < -0.4 is 5.73 Å². The average Bonchev–Trinajstić information content (AvgIpc) is 2.11. The molecule has 0 bridgehead atoms. The van der Waals surface area contributed by atoms with E-state index < -0.39 is 0 Å². The van der Waals surface area contributed by atoms with E-state index in [4.69, 9.17) is 17.3 Å². The highest BCUT2D eigenvalue weighted by molar-refractivity contribution is 6.32. The van der Waals surface area contributed by atoms with Gasteiger partial charge in [-0.1, -0.05) is 11.6 Å². The minimum absolute atomic E-state index is 0.1000. The number of hydrogen-bond acceptors (Lipinski definition) is 2. The molecule has 1 aromatic heterocycles. The fourth-order valence-corrected chi connectivity index (χ4v) is 0.996. The number of nitrogen functional groups attached to an aromatic ring is 1. The standard InChI is InChI=1S/C7H12ClN3/c1-7(2,3)11-6(9)5(8)4-10-11/h4H,9H2,1-3H3. The molecule has 0 aliphatic heterocycles. The predicted octanol–water partition coefficient (Wildman–Crippen LogP) is 1.87. The number of rotatable bonds is 0. The summed E-state index contributed by atoms with van der Waals surface area (Å²) in [5, 5.41) is 4.56. The molecular formula is C7H12ClN3. The maximum Gasteiger partial charge on any atom is 0.141 e. The van der Waals surface area contributed by atoms with Gasteiger partial charge in [-0.25, -0.2) is 4.68 Å². The third kappa shape index (κ3) is 1.48. The number of halogens is 1. The molecule has 1 heterocycles. The van der Waals surface area contributed by atoms with E-state index in [0.29, 0.717) is 10.8 Å². The number of nitrogens with zero attached hydrogens (tertiary/aromatic N) is 2. The van der Waals surface area contributed by atoms with Crippen LogP contribution >= 0.6 is 11.6 Å². The van der Waals surface area contributed by atoms with Crippen molar-refractivity contribution < 1.29 is 0 Å². The Kier molecular flexibility index (Phi) is 1.84. The van der Waals surface area contributed by atoms with Gasteiger partial charge in [0.15, 0.2) is 0 Å². The summed E-state index contributed by atoms with van der Waals surface area (Å²) < 4.78 is 1.70. The third-order valence-corrected chi connectivity index (χ3v) is 1.69. The molecule has 1 aromatic rings. The van der Waals surface area contributed by atoms with Crippen LogP contribution in [0.4, 0.5) is 5.82 Å². The first kappa shape index (κ1) is 8.40. The van der Waals surface area contributed by atoms with E-state index in [1.165, 1.54) is 0 Å². The van der Waals surface area contributed by atoms with Crippen LogP contribution in [-0.4, -0.2) is 9.78 Å². The minimum Gasteiger partial charge on any atom is -0.383 e. The Hall–Kier alpha value is -0.700. The molecular weight excluding hydrogens is 162 g/mol. The summed E-state index contributed by atoms with van der Waals surface area (Å²) in [6.07, 6.45) is 1.56. The zero-order valence-corrected chi connectivity index (χ0v) is 7.68. The fourth-order valence-electron chi connectivity index (χ4n) is 0.872. The highest BCUT2D eigenvalue weighted by atomic mass is 35.5. The normalized spacial score (nSPS) is 12.0. The predicted molar refractivity (Wildman–Crippen MR) is 46.6 cm³/mol. The Bertz CT molecular complexity index is 259. The van der Waals surface area contributed by atoms with Gasteiger partial charge in [0.1, 0.15) is 10.8 Å². The lowest BCUT2D eigenvalue weighted by Crippen LogP contribution is -2.24. The maximum atomic E-state index is 5.73. The van der Waals surface area contributed by atoms with E-state index in [9.17, 15) is 0 Å². The molecule has 0 unspecified atom stereocenters. The van der Waals surface area contributed by atoms with E-state index in [2.05, 4.69) is 5.10 Å². The van der Waals surface area contributed by atoms with E-state index in [1.54, 1.807) is 10.9 Å². The van der Waals surface area contributed by atoms with Crippen molar-refractivity contribution in [3.05, 3.63) is 11.2 Å². The summed E-state index contributed by atoms with van der Waals surface area (Å²) in [6.45, 7) is 6.06. The van der Waals surface area contributed by atoms with E-state index in [-0.39, 0.29) is 5.54 Å². The molecule has 0 aliphatic carbocycles. The molecule has 3 nitrogen and oxygen atoms in total. The fraction of sp³-hybridized carbons (Fsp3) is 0.571. The topological polar surface area (TPSA) is 43.8 Å². The van der Waals surface area contributed by atoms with Crippen LogP contribution in [0.5, 0.6) is 0 Å². The molecule has 0 aromatic carbocycles. The van der Waals surface area contributed by atoms with Crippen molar-refractivity contribution in [2.75, 3.05) is 5.73 Å². The zero-order valence-electron chi connectivity index (χ0n) is 6.93. The molecule has 4 heteroatoms. The molecule has 0 saturated carbocycles. The number of aromatic nitrogens is 2. The van der Waals surface area contributed by atoms with Crippen LogP contribution in [0.3, 0.4) is 0 Å². The first-order valence-electron chi connectivity index (χ1n) is 3.42. The van der Waals surface area contributed by atoms with Crippen LogP contribution in [0.15, 0.2) is 6.20 Å². The molecule has 0 atom stereocenters. The zero-order chi connectivity index (χ0) is 8.65. The SMILES string of the molecule is CC(C)(C)n1ncc(Cl)c1N. The van der Waals surface area contributed by atoms with Crippen molar-refractivity contribution >= 4 is 17.4 Å². The number of nitrogens with two attached hydrogens (primary N) is 1. The Morgan fingerprint density at radius 3 is 2.27 bits per heavy atom. The molecule has 0 saturated heterocycles. The summed E-state index contributed by atoms with van der Waals surface area (Å²) in [5.41, 5.74) is 5.56. The molecule has 0 spiro atoms. The van der Waals surface area contributed by atoms with Gasteiger partial charge in [0, 0.05) is 0 Å². The molecule has 2 N–H and O–H groups in total. The molecule has 62 valence electrons. The summed E-state index contributed by atoms with van der Waals surface area (Å²) in [5.74, 6) is 0.527. The second-order valence-corrected chi connectivity index (χ2v) is 3.87. The number of anilines is 1. The van der Waals surface area contributed by atoms with Gasteiger partial charge >= 0.3 is 0 Å². The van der Waals surface area contributed by atoms with Crippen LogP contribution in [0, 0.1) is 0 Å². The van der Waals surface area contributed by atoms with E-state index in [1.807, 2.05) is 20.8 Å². The van der Waals surface area contributed by atoms with Crippen molar-refractivity contribution in [2.24, 2.45) is 0 Å². The quantitative estimate of drug-likeness (QED) is 0.651. The van der Waals surface area contributed by atoms with Gasteiger partial charge in [-0.2, -0.15) is 5.10 Å². The van der Waals surface area contributed by atoms with Crippen LogP contribution in [0.25, 0.3) is 0 Å². The highest BCUT2D eigenvalue weighted by Gasteiger charge is 2.17. The van der Waals surface area contributed by atoms with Gasteiger partial charge in [0.25, 0.3) is 0 Å². The summed E-state index contributed by atoms with van der Waals surface area (Å²) in [6, 6.07) is 0. The Morgan fingerprint density at radius 2 is 2.09 bits per heavy atom. The highest BCUT2D eigenvalue weighted by Crippen LogP contribution is 2.23. The summed E-state index contributed by atoms with van der Waals surface area (Å²) in [7, 11) is 0. The largest absolute Gasteiger partial charge is 0.383 e. The maximum absolute atomic E-state index is 5.73. The molecule has 0 fully saturated rings. The minimum atomic E-state index is -0.1000. The van der Waals surface area contributed by atoms with Crippen LogP contribution in [0.1, 0.15) is 20.8 Å². The Morgan fingerprint density at radius 1 is 1.55 bits per heavy atom. The first-order chi connectivity index (χ1) is 4.93. The molecule has 0 amide bonds. The summed E-state index contributed by atoms with van der Waals surface area (Å²) >= 11 is 5.73. The second kappa shape index (κ2) is 2.41. The van der Waals surface area contributed by atoms with Crippen molar-refractivity contribution in [1.82, 2.24) is 9.78 Å². The number of hydrogen-bond donors (Lipinski definition) is 1. The van der Waals surface area contributed by atoms with Gasteiger partial charge in [-0.3, -0.25) is 0 Å². The van der Waals surface area contributed by atoms with Crippen molar-refractivity contribution in [3.8, 4) is 0 Å². The summed E-state index contributed by atoms with van der Waals surface area (Å²) in [4.78, 5) is 0. The molecule has 1 rings (SSSR count). The van der Waals surface area contributed by atoms with Gasteiger partial charge in [0.05, 0.1) is 11.7 Å².